The summed E-state index contributed by atoms with van der Waals surface area (Å²) >= 11 is 0. The third-order valence-corrected chi connectivity index (χ3v) is 1.91. The summed E-state index contributed by atoms with van der Waals surface area (Å²) in [7, 11) is 2.61. The molecule has 0 aliphatic carbocycles. The maximum atomic E-state index is 13.5. The van der Waals surface area contributed by atoms with Crippen molar-refractivity contribution in [3.8, 4) is 11.5 Å². The molecule has 4 nitrogen and oxygen atoms in total. The Morgan fingerprint density at radius 2 is 2.07 bits per heavy atom. The van der Waals surface area contributed by atoms with Crippen LogP contribution in [-0.4, -0.2) is 25.3 Å². The van der Waals surface area contributed by atoms with E-state index in [1.807, 2.05) is 0 Å². The number of rotatable bonds is 4. The predicted molar refractivity (Wildman–Crippen MR) is 50.8 cm³/mol. The van der Waals surface area contributed by atoms with Gasteiger partial charge in [0, 0.05) is 5.56 Å². The van der Waals surface area contributed by atoms with Gasteiger partial charge in [-0.05, 0) is 6.07 Å². The highest BCUT2D eigenvalue weighted by atomic mass is 19.1. The van der Waals surface area contributed by atoms with Crippen molar-refractivity contribution in [2.75, 3.05) is 14.2 Å². The number of carbonyl (C=O) groups is 1. The molecule has 82 valence electrons. The van der Waals surface area contributed by atoms with Gasteiger partial charge >= 0.3 is 5.97 Å². The first-order chi connectivity index (χ1) is 7.10. The van der Waals surface area contributed by atoms with Gasteiger partial charge in [-0.25, -0.2) is 0 Å². The van der Waals surface area contributed by atoms with E-state index >= 15 is 0 Å². The summed E-state index contributed by atoms with van der Waals surface area (Å²) in [5, 5.41) is 8.60. The lowest BCUT2D eigenvalue weighted by molar-refractivity contribution is -0.136. The first kappa shape index (κ1) is 11.3. The van der Waals surface area contributed by atoms with Crippen LogP contribution in [0, 0.1) is 5.82 Å². The van der Waals surface area contributed by atoms with E-state index in [4.69, 9.17) is 14.6 Å². The van der Waals surface area contributed by atoms with Gasteiger partial charge in [0.1, 0.15) is 0 Å². The number of aliphatic carboxylic acids is 1. The largest absolute Gasteiger partial charge is 0.494 e. The smallest absolute Gasteiger partial charge is 0.307 e. The molecule has 0 bridgehead atoms. The van der Waals surface area contributed by atoms with Crippen LogP contribution in [0.4, 0.5) is 4.39 Å². The fourth-order valence-electron chi connectivity index (χ4n) is 1.26. The van der Waals surface area contributed by atoms with Crippen molar-refractivity contribution in [1.29, 1.82) is 0 Å². The van der Waals surface area contributed by atoms with Crippen LogP contribution in [0.2, 0.25) is 0 Å². The van der Waals surface area contributed by atoms with Gasteiger partial charge < -0.3 is 14.6 Å². The quantitative estimate of drug-likeness (QED) is 0.824. The Hall–Kier alpha value is -1.78. The van der Waals surface area contributed by atoms with Crippen molar-refractivity contribution >= 4 is 5.97 Å². The number of ether oxygens (including phenoxy) is 2. The summed E-state index contributed by atoms with van der Waals surface area (Å²) in [4.78, 5) is 10.5. The summed E-state index contributed by atoms with van der Waals surface area (Å²) in [6.07, 6.45) is -0.288. The van der Waals surface area contributed by atoms with Crippen LogP contribution in [0.1, 0.15) is 5.56 Å². The highest BCUT2D eigenvalue weighted by Crippen LogP contribution is 2.30. The van der Waals surface area contributed by atoms with E-state index in [-0.39, 0.29) is 23.5 Å². The lowest BCUT2D eigenvalue weighted by Gasteiger charge is -2.10. The van der Waals surface area contributed by atoms with Gasteiger partial charge in [-0.15, -0.1) is 0 Å². The number of carboxylic acid groups (broad SMARTS) is 1. The lowest BCUT2D eigenvalue weighted by atomic mass is 10.1. The molecule has 0 spiro atoms. The van der Waals surface area contributed by atoms with Crippen molar-refractivity contribution in [2.24, 2.45) is 0 Å². The minimum atomic E-state index is -1.04. The number of benzene rings is 1. The van der Waals surface area contributed by atoms with E-state index < -0.39 is 11.8 Å². The molecule has 1 rings (SSSR count). The van der Waals surface area contributed by atoms with E-state index in [9.17, 15) is 9.18 Å². The molecule has 0 amide bonds. The van der Waals surface area contributed by atoms with E-state index in [2.05, 4.69) is 0 Å². The van der Waals surface area contributed by atoms with Crippen LogP contribution in [-0.2, 0) is 11.2 Å². The Morgan fingerprint density at radius 1 is 1.40 bits per heavy atom. The normalized spacial score (nSPS) is 9.80. The number of hydrogen-bond donors (Lipinski definition) is 1. The van der Waals surface area contributed by atoms with Crippen LogP contribution >= 0.6 is 0 Å². The van der Waals surface area contributed by atoms with Crippen molar-refractivity contribution in [1.82, 2.24) is 0 Å². The average Bonchev–Trinajstić information content (AvgIpc) is 2.18. The standard InChI is InChI=1S/C10H11FO4/c1-14-7-4-3-6(5-8(12)13)10(15-2)9(7)11/h3-4H,5H2,1-2H3,(H,12,13). The van der Waals surface area contributed by atoms with Gasteiger partial charge in [-0.2, -0.15) is 4.39 Å². The topological polar surface area (TPSA) is 55.8 Å². The number of carboxylic acids is 1. The summed E-state index contributed by atoms with van der Waals surface area (Å²) in [6, 6.07) is 2.84. The highest BCUT2D eigenvalue weighted by molar-refractivity contribution is 5.71. The summed E-state index contributed by atoms with van der Waals surface area (Å²) < 4.78 is 23.1. The van der Waals surface area contributed by atoms with Crippen LogP contribution in [0.25, 0.3) is 0 Å². The highest BCUT2D eigenvalue weighted by Gasteiger charge is 2.16. The Labute approximate surface area is 86.2 Å². The zero-order valence-electron chi connectivity index (χ0n) is 8.41. The minimum Gasteiger partial charge on any atom is -0.494 e. The molecule has 0 aliphatic heterocycles. The first-order valence-electron chi connectivity index (χ1n) is 4.21. The van der Waals surface area contributed by atoms with Crippen LogP contribution in [0.15, 0.2) is 12.1 Å². The molecular formula is C10H11FO4. The SMILES string of the molecule is COc1ccc(CC(=O)O)c(OC)c1F. The third-order valence-electron chi connectivity index (χ3n) is 1.91. The summed E-state index contributed by atoms with van der Waals surface area (Å²) in [5.74, 6) is -1.78. The van der Waals surface area contributed by atoms with E-state index in [1.165, 1.54) is 26.4 Å². The molecule has 0 aromatic heterocycles. The second-order valence-electron chi connectivity index (χ2n) is 2.84. The lowest BCUT2D eigenvalue weighted by Crippen LogP contribution is -2.04. The number of hydrogen-bond acceptors (Lipinski definition) is 3. The van der Waals surface area contributed by atoms with Gasteiger partial charge in [0.05, 0.1) is 20.6 Å². The second kappa shape index (κ2) is 4.63. The molecule has 0 heterocycles. The molecule has 0 unspecified atom stereocenters. The Kier molecular flexibility index (Phi) is 3.49. The second-order valence-corrected chi connectivity index (χ2v) is 2.84. The monoisotopic (exact) mass is 214 g/mol. The van der Waals surface area contributed by atoms with Crippen LogP contribution in [0.5, 0.6) is 11.5 Å². The summed E-state index contributed by atoms with van der Waals surface area (Å²) in [6.45, 7) is 0. The zero-order valence-corrected chi connectivity index (χ0v) is 8.41. The van der Waals surface area contributed by atoms with Crippen molar-refractivity contribution < 1.29 is 23.8 Å². The maximum Gasteiger partial charge on any atom is 0.307 e. The molecule has 1 N–H and O–H groups in total. The van der Waals surface area contributed by atoms with Crippen molar-refractivity contribution in [3.63, 3.8) is 0 Å². The molecule has 0 saturated carbocycles. The fourth-order valence-corrected chi connectivity index (χ4v) is 1.26. The van der Waals surface area contributed by atoms with Gasteiger partial charge in [0.25, 0.3) is 0 Å². The Bertz CT molecular complexity index is 376. The molecule has 1 aromatic carbocycles. The first-order valence-corrected chi connectivity index (χ1v) is 4.21. The Morgan fingerprint density at radius 3 is 2.53 bits per heavy atom. The van der Waals surface area contributed by atoms with Crippen molar-refractivity contribution in [3.05, 3.63) is 23.5 Å². The third kappa shape index (κ3) is 2.37. The molecule has 5 heteroatoms. The number of halogens is 1. The molecule has 15 heavy (non-hydrogen) atoms. The van der Waals surface area contributed by atoms with E-state index in [0.717, 1.165) is 0 Å². The molecule has 0 aliphatic rings. The predicted octanol–water partition coefficient (Wildman–Crippen LogP) is 1.47. The van der Waals surface area contributed by atoms with E-state index in [1.54, 1.807) is 0 Å². The van der Waals surface area contributed by atoms with Gasteiger partial charge in [0.2, 0.25) is 5.82 Å². The molecular weight excluding hydrogens is 203 g/mol. The fraction of sp³-hybridized carbons (Fsp3) is 0.300. The number of methoxy groups -OCH3 is 2. The molecule has 1 aromatic rings. The molecule has 0 saturated heterocycles. The van der Waals surface area contributed by atoms with Gasteiger partial charge in [0.15, 0.2) is 11.5 Å². The zero-order chi connectivity index (χ0) is 11.4. The maximum absolute atomic E-state index is 13.5. The van der Waals surface area contributed by atoms with E-state index in [0.29, 0.717) is 0 Å². The molecule has 0 atom stereocenters. The molecule has 0 radical (unpaired) electrons. The van der Waals surface area contributed by atoms with Gasteiger partial charge in [-0.1, -0.05) is 6.07 Å². The van der Waals surface area contributed by atoms with Crippen LogP contribution in [0.3, 0.4) is 0 Å². The van der Waals surface area contributed by atoms with Crippen LogP contribution < -0.4 is 9.47 Å². The van der Waals surface area contributed by atoms with Crippen molar-refractivity contribution in [2.45, 2.75) is 6.42 Å². The van der Waals surface area contributed by atoms with Gasteiger partial charge in [-0.3, -0.25) is 4.79 Å². The summed E-state index contributed by atoms with van der Waals surface area (Å²) in [5.41, 5.74) is 0.281. The Balaban J connectivity index is 3.18. The molecule has 0 fully saturated rings. The average molecular weight is 214 g/mol. The minimum absolute atomic E-state index is 0.0287.